The predicted octanol–water partition coefficient (Wildman–Crippen LogP) is 4.52. The Hall–Kier alpha value is -0.820. The van der Waals surface area contributed by atoms with Gasteiger partial charge in [-0.25, -0.2) is 0 Å². The molecule has 1 nitrogen and oxygen atoms in total. The van der Waals surface area contributed by atoms with E-state index in [1.807, 2.05) is 0 Å². The summed E-state index contributed by atoms with van der Waals surface area (Å²) in [5.41, 5.74) is 2.68. The monoisotopic (exact) mass is 271 g/mol. The maximum Gasteiger partial charge on any atom is 0.00883 e. The van der Waals surface area contributed by atoms with Crippen LogP contribution in [0.5, 0.6) is 0 Å². The van der Waals surface area contributed by atoms with E-state index in [-0.39, 0.29) is 0 Å². The first-order valence-electron chi connectivity index (χ1n) is 8.41. The van der Waals surface area contributed by atoms with Gasteiger partial charge >= 0.3 is 0 Å². The highest BCUT2D eigenvalue weighted by atomic mass is 14.9. The van der Waals surface area contributed by atoms with Crippen LogP contribution in [0.3, 0.4) is 0 Å². The molecule has 2 saturated carbocycles. The minimum absolute atomic E-state index is 0.417. The van der Waals surface area contributed by atoms with E-state index in [2.05, 4.69) is 49.5 Å². The van der Waals surface area contributed by atoms with Gasteiger partial charge < -0.3 is 5.32 Å². The Bertz CT molecular complexity index is 420. The molecule has 1 spiro atoms. The largest absolute Gasteiger partial charge is 0.316 e. The molecular formula is C19H29N. The van der Waals surface area contributed by atoms with E-state index in [1.165, 1.54) is 38.5 Å². The van der Waals surface area contributed by atoms with Crippen molar-refractivity contribution in [2.24, 2.45) is 11.3 Å². The van der Waals surface area contributed by atoms with E-state index in [4.69, 9.17) is 0 Å². The molecule has 1 aromatic carbocycles. The van der Waals surface area contributed by atoms with Gasteiger partial charge in [-0.3, -0.25) is 0 Å². The molecule has 0 heterocycles. The molecule has 0 aromatic heterocycles. The van der Waals surface area contributed by atoms with Crippen molar-refractivity contribution in [3.63, 3.8) is 0 Å². The van der Waals surface area contributed by atoms with Gasteiger partial charge in [0, 0.05) is 12.0 Å². The summed E-state index contributed by atoms with van der Waals surface area (Å²) in [5, 5.41) is 3.73. The third-order valence-corrected chi connectivity index (χ3v) is 5.49. The highest BCUT2D eigenvalue weighted by Gasteiger charge is 2.55. The lowest BCUT2D eigenvalue weighted by Gasteiger charge is -2.56. The zero-order valence-electron chi connectivity index (χ0n) is 13.1. The standard InChI is InChI=1S/C19H29N/c1-16(2)12-20-15-19(17-8-4-3-5-9-17)13-18(14-19)10-6-7-11-18/h3-5,8-9,16,20H,6-7,10-15H2,1-2H3. The molecule has 110 valence electrons. The zero-order valence-corrected chi connectivity index (χ0v) is 13.1. The quantitative estimate of drug-likeness (QED) is 0.830. The van der Waals surface area contributed by atoms with Crippen molar-refractivity contribution in [2.45, 2.75) is 57.8 Å². The molecule has 1 N–H and O–H groups in total. The van der Waals surface area contributed by atoms with Gasteiger partial charge in [-0.15, -0.1) is 0 Å². The van der Waals surface area contributed by atoms with Crippen LogP contribution in [-0.4, -0.2) is 13.1 Å². The topological polar surface area (TPSA) is 12.0 Å². The van der Waals surface area contributed by atoms with E-state index in [0.29, 0.717) is 10.8 Å². The van der Waals surface area contributed by atoms with Crippen LogP contribution in [-0.2, 0) is 5.41 Å². The summed E-state index contributed by atoms with van der Waals surface area (Å²) in [5.74, 6) is 0.739. The highest BCUT2D eigenvalue weighted by Crippen LogP contribution is 2.62. The summed E-state index contributed by atoms with van der Waals surface area (Å²) in [6.07, 6.45) is 8.70. The van der Waals surface area contributed by atoms with Crippen LogP contribution in [0.25, 0.3) is 0 Å². The molecule has 2 fully saturated rings. The minimum atomic E-state index is 0.417. The van der Waals surface area contributed by atoms with Crippen LogP contribution in [0, 0.1) is 11.3 Å². The molecule has 1 aromatic rings. The molecule has 0 aliphatic heterocycles. The van der Waals surface area contributed by atoms with Crippen molar-refractivity contribution < 1.29 is 0 Å². The molecule has 0 unspecified atom stereocenters. The smallest absolute Gasteiger partial charge is 0.00883 e. The first-order chi connectivity index (χ1) is 9.64. The average Bonchev–Trinajstić information content (AvgIpc) is 2.87. The van der Waals surface area contributed by atoms with E-state index >= 15 is 0 Å². The van der Waals surface area contributed by atoms with E-state index in [0.717, 1.165) is 19.0 Å². The highest BCUT2D eigenvalue weighted by molar-refractivity contribution is 5.31. The van der Waals surface area contributed by atoms with Crippen molar-refractivity contribution in [3.05, 3.63) is 35.9 Å². The van der Waals surface area contributed by atoms with Crippen LogP contribution in [0.4, 0.5) is 0 Å². The first kappa shape index (κ1) is 14.1. The summed E-state index contributed by atoms with van der Waals surface area (Å²) in [6.45, 7) is 6.89. The molecule has 0 atom stereocenters. The number of nitrogens with one attached hydrogen (secondary N) is 1. The Balaban J connectivity index is 1.72. The number of hydrogen-bond donors (Lipinski definition) is 1. The molecule has 1 heteroatoms. The molecule has 0 bridgehead atoms. The third-order valence-electron chi connectivity index (χ3n) is 5.49. The lowest BCUT2D eigenvalue weighted by Crippen LogP contribution is -2.54. The molecular weight excluding hydrogens is 242 g/mol. The lowest BCUT2D eigenvalue weighted by molar-refractivity contribution is 0.0266. The lowest BCUT2D eigenvalue weighted by atomic mass is 9.49. The van der Waals surface area contributed by atoms with E-state index in [1.54, 1.807) is 5.56 Å². The first-order valence-corrected chi connectivity index (χ1v) is 8.41. The minimum Gasteiger partial charge on any atom is -0.316 e. The number of benzene rings is 1. The van der Waals surface area contributed by atoms with Crippen LogP contribution in [0.1, 0.15) is 57.9 Å². The predicted molar refractivity (Wildman–Crippen MR) is 86.0 cm³/mol. The fourth-order valence-corrected chi connectivity index (χ4v) is 4.69. The van der Waals surface area contributed by atoms with Crippen molar-refractivity contribution in [1.82, 2.24) is 5.32 Å². The summed E-state index contributed by atoms with van der Waals surface area (Å²) in [6, 6.07) is 11.2. The molecule has 2 aliphatic carbocycles. The summed E-state index contributed by atoms with van der Waals surface area (Å²) in [4.78, 5) is 0. The van der Waals surface area contributed by atoms with Crippen molar-refractivity contribution in [3.8, 4) is 0 Å². The van der Waals surface area contributed by atoms with Crippen molar-refractivity contribution in [1.29, 1.82) is 0 Å². The number of hydrogen-bond acceptors (Lipinski definition) is 1. The fourth-order valence-electron chi connectivity index (χ4n) is 4.69. The normalized spacial score (nSPS) is 23.1. The molecule has 20 heavy (non-hydrogen) atoms. The summed E-state index contributed by atoms with van der Waals surface area (Å²) < 4.78 is 0. The van der Waals surface area contributed by atoms with Crippen molar-refractivity contribution in [2.75, 3.05) is 13.1 Å². The molecule has 0 radical (unpaired) electrons. The number of rotatable bonds is 5. The Kier molecular flexibility index (Phi) is 3.90. The average molecular weight is 271 g/mol. The Labute approximate surface area is 124 Å². The Morgan fingerprint density at radius 2 is 1.70 bits per heavy atom. The zero-order chi connectivity index (χ0) is 14.1. The summed E-state index contributed by atoms with van der Waals surface area (Å²) >= 11 is 0. The van der Waals surface area contributed by atoms with Gasteiger partial charge in [0.1, 0.15) is 0 Å². The SMILES string of the molecule is CC(C)CNCC1(c2ccccc2)CC2(CCCC2)C1. The molecule has 2 aliphatic rings. The van der Waals surface area contributed by atoms with E-state index in [9.17, 15) is 0 Å². The Morgan fingerprint density at radius 3 is 2.30 bits per heavy atom. The second-order valence-corrected chi connectivity index (χ2v) is 7.73. The van der Waals surface area contributed by atoms with E-state index < -0.39 is 0 Å². The molecule has 3 rings (SSSR count). The van der Waals surface area contributed by atoms with Crippen LogP contribution >= 0.6 is 0 Å². The van der Waals surface area contributed by atoms with Gasteiger partial charge in [-0.05, 0) is 49.1 Å². The van der Waals surface area contributed by atoms with Gasteiger partial charge in [-0.2, -0.15) is 0 Å². The second kappa shape index (κ2) is 5.52. The summed E-state index contributed by atoms with van der Waals surface area (Å²) in [7, 11) is 0. The maximum absolute atomic E-state index is 3.73. The van der Waals surface area contributed by atoms with Gasteiger partial charge in [0.25, 0.3) is 0 Å². The van der Waals surface area contributed by atoms with Crippen LogP contribution < -0.4 is 5.32 Å². The van der Waals surface area contributed by atoms with Crippen LogP contribution in [0.15, 0.2) is 30.3 Å². The second-order valence-electron chi connectivity index (χ2n) is 7.73. The van der Waals surface area contributed by atoms with Crippen molar-refractivity contribution >= 4 is 0 Å². The molecule has 0 amide bonds. The fraction of sp³-hybridized carbons (Fsp3) is 0.684. The van der Waals surface area contributed by atoms with Gasteiger partial charge in [0.05, 0.1) is 0 Å². The Morgan fingerprint density at radius 1 is 1.05 bits per heavy atom. The third kappa shape index (κ3) is 2.65. The maximum atomic E-state index is 3.73. The van der Waals surface area contributed by atoms with Gasteiger partial charge in [-0.1, -0.05) is 57.0 Å². The molecule has 0 saturated heterocycles. The van der Waals surface area contributed by atoms with Crippen LogP contribution in [0.2, 0.25) is 0 Å². The van der Waals surface area contributed by atoms with Gasteiger partial charge in [0.2, 0.25) is 0 Å². The van der Waals surface area contributed by atoms with Gasteiger partial charge in [0.15, 0.2) is 0 Å².